The fourth-order valence-electron chi connectivity index (χ4n) is 2.84. The molecule has 3 aromatic heterocycles. The van der Waals surface area contributed by atoms with Gasteiger partial charge in [-0.05, 0) is 38.3 Å². The number of benzene rings is 1. The van der Waals surface area contributed by atoms with Crippen molar-refractivity contribution in [3.8, 4) is 11.3 Å². The van der Waals surface area contributed by atoms with Crippen molar-refractivity contribution in [1.29, 1.82) is 0 Å². The molecule has 1 aromatic carbocycles. The average Bonchev–Trinajstić information content (AvgIpc) is 3.34. The van der Waals surface area contributed by atoms with E-state index in [1.165, 1.54) is 16.2 Å². The highest BCUT2D eigenvalue weighted by Gasteiger charge is 2.14. The van der Waals surface area contributed by atoms with Crippen LogP contribution in [0, 0.1) is 0 Å². The number of amides is 1. The summed E-state index contributed by atoms with van der Waals surface area (Å²) in [6.07, 6.45) is 5.36. The highest BCUT2D eigenvalue weighted by molar-refractivity contribution is 7.98. The molecule has 0 aliphatic rings. The number of nitrogens with one attached hydrogen (secondary N) is 1. The summed E-state index contributed by atoms with van der Waals surface area (Å²) < 4.78 is 1.84. The summed E-state index contributed by atoms with van der Waals surface area (Å²) >= 11 is 3.10. The molecular weight excluding hydrogens is 390 g/mol. The first kappa shape index (κ1) is 18.6. The van der Waals surface area contributed by atoms with Gasteiger partial charge in [-0.25, -0.2) is 14.6 Å². The number of nitrogens with zero attached hydrogens (tertiary/aromatic N) is 4. The summed E-state index contributed by atoms with van der Waals surface area (Å²) in [4.78, 5) is 22.8. The minimum Gasteiger partial charge on any atom is -0.298 e. The monoisotopic (exact) mass is 409 g/mol. The van der Waals surface area contributed by atoms with Crippen LogP contribution in [0.2, 0.25) is 0 Å². The molecule has 0 saturated heterocycles. The molecule has 142 valence electrons. The fraction of sp³-hybridized carbons (Fsp3) is 0.200. The molecule has 0 saturated carbocycles. The van der Waals surface area contributed by atoms with E-state index < -0.39 is 0 Å². The Morgan fingerprint density at radius 2 is 2.00 bits per heavy atom. The molecule has 1 N–H and O–H groups in total. The number of pyridine rings is 1. The maximum absolute atomic E-state index is 12.6. The Morgan fingerprint density at radius 3 is 2.71 bits per heavy atom. The van der Waals surface area contributed by atoms with E-state index in [0.29, 0.717) is 10.7 Å². The van der Waals surface area contributed by atoms with Crippen LogP contribution in [-0.4, -0.2) is 31.9 Å². The van der Waals surface area contributed by atoms with Crippen molar-refractivity contribution in [3.05, 3.63) is 53.7 Å². The van der Waals surface area contributed by atoms with Crippen LogP contribution < -0.4 is 5.32 Å². The van der Waals surface area contributed by atoms with Gasteiger partial charge < -0.3 is 0 Å². The van der Waals surface area contributed by atoms with E-state index in [2.05, 4.69) is 32.5 Å². The fourth-order valence-corrected chi connectivity index (χ4v) is 3.96. The number of anilines is 1. The van der Waals surface area contributed by atoms with Gasteiger partial charge in [0.1, 0.15) is 0 Å². The normalized spacial score (nSPS) is 11.3. The molecule has 0 bridgehead atoms. The number of hydrogen-bond donors (Lipinski definition) is 1. The summed E-state index contributed by atoms with van der Waals surface area (Å²) in [6, 6.07) is 10.2. The second kappa shape index (κ2) is 7.73. The Morgan fingerprint density at radius 1 is 1.21 bits per heavy atom. The van der Waals surface area contributed by atoms with E-state index in [0.717, 1.165) is 22.3 Å². The molecule has 0 atom stereocenters. The summed E-state index contributed by atoms with van der Waals surface area (Å²) in [6.45, 7) is 4.09. The lowest BCUT2D eigenvalue weighted by Crippen LogP contribution is -2.12. The van der Waals surface area contributed by atoms with Crippen LogP contribution in [0.4, 0.5) is 5.13 Å². The molecule has 4 rings (SSSR count). The Labute approximate surface area is 171 Å². The van der Waals surface area contributed by atoms with Gasteiger partial charge in [-0.2, -0.15) is 5.10 Å². The highest BCUT2D eigenvalue weighted by atomic mass is 32.2. The molecule has 0 unspecified atom stereocenters. The zero-order valence-corrected chi connectivity index (χ0v) is 17.3. The van der Waals surface area contributed by atoms with Gasteiger partial charge in [-0.1, -0.05) is 12.1 Å². The van der Waals surface area contributed by atoms with Gasteiger partial charge in [0.25, 0.3) is 5.91 Å². The number of fused-ring (bicyclic) bond motifs is 1. The van der Waals surface area contributed by atoms with Crippen molar-refractivity contribution in [2.24, 2.45) is 0 Å². The van der Waals surface area contributed by atoms with Crippen LogP contribution in [0.25, 0.3) is 22.3 Å². The third-order valence-electron chi connectivity index (χ3n) is 4.30. The molecule has 0 fully saturated rings. The maximum Gasteiger partial charge on any atom is 0.259 e. The molecule has 8 heteroatoms. The number of thiazole rings is 1. The van der Waals surface area contributed by atoms with E-state index in [9.17, 15) is 4.79 Å². The number of aromatic nitrogens is 4. The van der Waals surface area contributed by atoms with Gasteiger partial charge in [0.15, 0.2) is 10.8 Å². The smallest absolute Gasteiger partial charge is 0.259 e. The number of carbonyl (C=O) groups excluding carboxylic acids is 1. The minimum atomic E-state index is -0.231. The first-order valence-corrected chi connectivity index (χ1v) is 10.9. The zero-order valence-electron chi connectivity index (χ0n) is 15.7. The summed E-state index contributed by atoms with van der Waals surface area (Å²) in [5.41, 5.74) is 3.13. The predicted molar refractivity (Wildman–Crippen MR) is 115 cm³/mol. The Kier molecular flexibility index (Phi) is 5.15. The standard InChI is InChI=1S/C20H19N5OS2/c1-12(2)25-18-14(10-22-25)8-15(9-21-18)19(26)24-20-23-17(11-28-20)13-4-6-16(27-3)7-5-13/h4-12H,1-3H3,(H,23,24,26). The van der Waals surface area contributed by atoms with Gasteiger partial charge in [0.2, 0.25) is 0 Å². The van der Waals surface area contributed by atoms with Gasteiger partial charge in [0, 0.05) is 33.5 Å². The first-order chi connectivity index (χ1) is 13.5. The number of carbonyl (C=O) groups is 1. The molecule has 0 spiro atoms. The van der Waals surface area contributed by atoms with Gasteiger partial charge >= 0.3 is 0 Å². The Bertz CT molecular complexity index is 1130. The van der Waals surface area contributed by atoms with E-state index in [1.54, 1.807) is 30.2 Å². The topological polar surface area (TPSA) is 72.7 Å². The molecule has 6 nitrogen and oxygen atoms in total. The van der Waals surface area contributed by atoms with Gasteiger partial charge in [0.05, 0.1) is 17.5 Å². The second-order valence-electron chi connectivity index (χ2n) is 6.54. The molecule has 0 aliphatic carbocycles. The van der Waals surface area contributed by atoms with Crippen molar-refractivity contribution < 1.29 is 4.79 Å². The van der Waals surface area contributed by atoms with Crippen molar-refractivity contribution in [3.63, 3.8) is 0 Å². The highest BCUT2D eigenvalue weighted by Crippen LogP contribution is 2.27. The number of hydrogen-bond acceptors (Lipinski definition) is 6. The molecule has 4 aromatic rings. The summed E-state index contributed by atoms with van der Waals surface area (Å²) in [5.74, 6) is -0.231. The van der Waals surface area contributed by atoms with Crippen molar-refractivity contribution in [2.45, 2.75) is 24.8 Å². The second-order valence-corrected chi connectivity index (χ2v) is 8.28. The lowest BCUT2D eigenvalue weighted by Gasteiger charge is -2.06. The maximum atomic E-state index is 12.6. The molecule has 0 radical (unpaired) electrons. The largest absolute Gasteiger partial charge is 0.298 e. The van der Waals surface area contributed by atoms with E-state index in [-0.39, 0.29) is 11.9 Å². The average molecular weight is 410 g/mol. The van der Waals surface area contributed by atoms with E-state index in [4.69, 9.17) is 0 Å². The molecule has 28 heavy (non-hydrogen) atoms. The number of rotatable bonds is 5. The van der Waals surface area contributed by atoms with Crippen LogP contribution in [0.15, 0.2) is 53.0 Å². The van der Waals surface area contributed by atoms with Crippen LogP contribution in [0.5, 0.6) is 0 Å². The molecule has 3 heterocycles. The van der Waals surface area contributed by atoms with Crippen LogP contribution in [0.3, 0.4) is 0 Å². The number of thioether (sulfide) groups is 1. The van der Waals surface area contributed by atoms with E-state index >= 15 is 0 Å². The van der Waals surface area contributed by atoms with Crippen LogP contribution in [0.1, 0.15) is 30.2 Å². The quantitative estimate of drug-likeness (QED) is 0.464. The SMILES string of the molecule is CSc1ccc(-c2csc(NC(=O)c3cnc4c(cnn4C(C)C)c3)n2)cc1. The third kappa shape index (κ3) is 3.65. The predicted octanol–water partition coefficient (Wildman–Crippen LogP) is 5.11. The lowest BCUT2D eigenvalue weighted by atomic mass is 10.2. The van der Waals surface area contributed by atoms with Crippen molar-refractivity contribution >= 4 is 45.2 Å². The van der Waals surface area contributed by atoms with Crippen LogP contribution in [-0.2, 0) is 0 Å². The van der Waals surface area contributed by atoms with Crippen molar-refractivity contribution in [1.82, 2.24) is 19.7 Å². The molecule has 0 aliphatic heterocycles. The summed E-state index contributed by atoms with van der Waals surface area (Å²) in [5, 5.41) is 10.5. The Balaban J connectivity index is 1.52. The van der Waals surface area contributed by atoms with Gasteiger partial charge in [-0.3, -0.25) is 10.1 Å². The van der Waals surface area contributed by atoms with E-state index in [1.807, 2.05) is 42.3 Å². The van der Waals surface area contributed by atoms with Gasteiger partial charge in [-0.15, -0.1) is 23.1 Å². The summed E-state index contributed by atoms with van der Waals surface area (Å²) in [7, 11) is 0. The Hall–Kier alpha value is -2.71. The first-order valence-electron chi connectivity index (χ1n) is 8.79. The van der Waals surface area contributed by atoms with Crippen LogP contribution >= 0.6 is 23.1 Å². The lowest BCUT2D eigenvalue weighted by molar-refractivity contribution is 0.102. The minimum absolute atomic E-state index is 0.211. The zero-order chi connectivity index (χ0) is 19.7. The van der Waals surface area contributed by atoms with Crippen molar-refractivity contribution in [2.75, 3.05) is 11.6 Å². The molecular formula is C20H19N5OS2. The molecule has 1 amide bonds. The third-order valence-corrected chi connectivity index (χ3v) is 5.80.